The number of carbonyl (C=O) groups is 2. The number of esters is 1. The van der Waals surface area contributed by atoms with Gasteiger partial charge in [-0.25, -0.2) is 21.9 Å². The summed E-state index contributed by atoms with van der Waals surface area (Å²) in [5, 5.41) is 0. The molecule has 9 heteroatoms. The van der Waals surface area contributed by atoms with Gasteiger partial charge >= 0.3 is 5.97 Å². The van der Waals surface area contributed by atoms with Gasteiger partial charge in [0.05, 0.1) is 0 Å². The van der Waals surface area contributed by atoms with Crippen molar-refractivity contribution in [1.82, 2.24) is 4.72 Å². The molecule has 0 unspecified atom stereocenters. The molecule has 0 aromatic heterocycles. The third kappa shape index (κ3) is 6.22. The number of halogens is 2. The Morgan fingerprint density at radius 3 is 2.41 bits per heavy atom. The van der Waals surface area contributed by atoms with Crippen molar-refractivity contribution < 1.29 is 31.5 Å². The van der Waals surface area contributed by atoms with E-state index in [1.54, 1.807) is 30.3 Å². The minimum Gasteiger partial charge on any atom is -0.457 e. The van der Waals surface area contributed by atoms with E-state index in [1.165, 1.54) is 0 Å². The number of benzene rings is 2. The van der Waals surface area contributed by atoms with Crippen LogP contribution in [0.3, 0.4) is 0 Å². The van der Waals surface area contributed by atoms with Crippen LogP contribution >= 0.6 is 0 Å². The minimum atomic E-state index is -4.17. The summed E-state index contributed by atoms with van der Waals surface area (Å²) >= 11 is 0. The number of nitrogens with one attached hydrogen (secondary N) is 1. The normalized spacial score (nSPS) is 11.2. The molecule has 0 spiro atoms. The van der Waals surface area contributed by atoms with Crippen molar-refractivity contribution in [1.29, 1.82) is 0 Å². The number of hydrogen-bond donors (Lipinski definition) is 1. The monoisotopic (exact) mass is 397 g/mol. The van der Waals surface area contributed by atoms with Crippen LogP contribution in [0.15, 0.2) is 53.4 Å². The Balaban J connectivity index is 1.74. The zero-order valence-electron chi connectivity index (χ0n) is 14.2. The van der Waals surface area contributed by atoms with Gasteiger partial charge in [-0.05, 0) is 18.6 Å². The smallest absolute Gasteiger partial charge is 0.306 e. The van der Waals surface area contributed by atoms with Crippen molar-refractivity contribution in [2.24, 2.45) is 0 Å². The van der Waals surface area contributed by atoms with E-state index < -0.39 is 39.1 Å². The third-order valence-corrected chi connectivity index (χ3v) is 4.99. The fourth-order valence-corrected chi connectivity index (χ4v) is 3.27. The van der Waals surface area contributed by atoms with Gasteiger partial charge in [0.1, 0.15) is 16.5 Å². The van der Waals surface area contributed by atoms with Gasteiger partial charge in [-0.3, -0.25) is 9.59 Å². The van der Waals surface area contributed by atoms with Crippen LogP contribution in [-0.4, -0.2) is 33.3 Å². The van der Waals surface area contributed by atoms with Crippen molar-refractivity contribution in [2.75, 3.05) is 13.2 Å². The van der Waals surface area contributed by atoms with E-state index >= 15 is 0 Å². The summed E-state index contributed by atoms with van der Waals surface area (Å²) in [5.74, 6) is -3.11. The Kier molecular flexibility index (Phi) is 7.14. The molecule has 2 aromatic rings. The molecule has 0 aliphatic carbocycles. The Morgan fingerprint density at radius 1 is 1.04 bits per heavy atom. The highest BCUT2D eigenvalue weighted by atomic mass is 32.2. The molecule has 2 rings (SSSR count). The molecule has 0 radical (unpaired) electrons. The largest absolute Gasteiger partial charge is 0.457 e. The summed E-state index contributed by atoms with van der Waals surface area (Å²) in [6, 6.07) is 10.4. The highest BCUT2D eigenvalue weighted by Gasteiger charge is 2.19. The maximum Gasteiger partial charge on any atom is 0.306 e. The summed E-state index contributed by atoms with van der Waals surface area (Å²) in [7, 11) is -4.17. The molecule has 0 aliphatic rings. The fraction of sp³-hybridized carbons (Fsp3) is 0.222. The second-order valence-corrected chi connectivity index (χ2v) is 7.26. The van der Waals surface area contributed by atoms with Crippen LogP contribution in [0.4, 0.5) is 8.78 Å². The minimum absolute atomic E-state index is 0.0837. The third-order valence-electron chi connectivity index (χ3n) is 3.49. The van der Waals surface area contributed by atoms with E-state index in [0.29, 0.717) is 11.6 Å². The number of ether oxygens (including phenoxy) is 1. The quantitative estimate of drug-likeness (QED) is 0.399. The molecular formula is C18H17F2NO5S. The molecule has 1 N–H and O–H groups in total. The molecular weight excluding hydrogens is 380 g/mol. The van der Waals surface area contributed by atoms with E-state index in [2.05, 4.69) is 4.72 Å². The lowest BCUT2D eigenvalue weighted by atomic mass is 10.1. The number of ketones is 1. The lowest BCUT2D eigenvalue weighted by Gasteiger charge is -2.08. The van der Waals surface area contributed by atoms with Gasteiger partial charge in [0.25, 0.3) is 0 Å². The van der Waals surface area contributed by atoms with Gasteiger partial charge in [0.2, 0.25) is 10.0 Å². The van der Waals surface area contributed by atoms with Crippen LogP contribution in [0.2, 0.25) is 0 Å². The lowest BCUT2D eigenvalue weighted by Crippen LogP contribution is -2.26. The molecule has 0 saturated carbocycles. The summed E-state index contributed by atoms with van der Waals surface area (Å²) in [4.78, 5) is 22.7. The maximum atomic E-state index is 13.5. The van der Waals surface area contributed by atoms with Gasteiger partial charge in [-0.1, -0.05) is 30.3 Å². The second kappa shape index (κ2) is 9.33. The fourth-order valence-electron chi connectivity index (χ4n) is 2.14. The molecule has 144 valence electrons. The van der Waals surface area contributed by atoms with Crippen LogP contribution in [0.25, 0.3) is 0 Å². The first-order valence-electron chi connectivity index (χ1n) is 7.98. The molecule has 2 aromatic carbocycles. The molecule has 0 atom stereocenters. The Labute approximate surface area is 155 Å². The number of carbonyl (C=O) groups excluding carboxylic acids is 2. The summed E-state index contributed by atoms with van der Waals surface area (Å²) in [5.41, 5.74) is 0.416. The first-order valence-corrected chi connectivity index (χ1v) is 9.46. The van der Waals surface area contributed by atoms with E-state index in [1.807, 2.05) is 0 Å². The number of sulfonamides is 1. The Hall–Kier alpha value is -2.65. The van der Waals surface area contributed by atoms with Crippen LogP contribution in [0, 0.1) is 11.6 Å². The molecule has 0 amide bonds. The lowest BCUT2D eigenvalue weighted by molar-refractivity contribution is -0.142. The van der Waals surface area contributed by atoms with Gasteiger partial charge < -0.3 is 4.74 Å². The Bertz CT molecular complexity index is 917. The molecule has 0 saturated heterocycles. The van der Waals surface area contributed by atoms with Crippen molar-refractivity contribution in [3.8, 4) is 0 Å². The van der Waals surface area contributed by atoms with Crippen molar-refractivity contribution >= 4 is 21.8 Å². The summed E-state index contributed by atoms with van der Waals surface area (Å²) < 4.78 is 57.2. The van der Waals surface area contributed by atoms with E-state index in [9.17, 15) is 26.8 Å². The Morgan fingerprint density at radius 2 is 1.74 bits per heavy atom. The van der Waals surface area contributed by atoms with Crippen LogP contribution < -0.4 is 4.72 Å². The number of Topliss-reactive ketones (excluding diaryl/α,β-unsaturated/α-hetero) is 1. The van der Waals surface area contributed by atoms with Gasteiger partial charge in [0.15, 0.2) is 12.4 Å². The van der Waals surface area contributed by atoms with Crippen LogP contribution in [-0.2, 0) is 19.6 Å². The SMILES string of the molecule is O=C(CCCNS(=O)(=O)c1ccc(F)cc1F)OCC(=O)c1ccccc1. The topological polar surface area (TPSA) is 89.5 Å². The van der Waals surface area contributed by atoms with Crippen LogP contribution in [0.5, 0.6) is 0 Å². The number of hydrogen-bond acceptors (Lipinski definition) is 5. The van der Waals surface area contributed by atoms with Crippen LogP contribution in [0.1, 0.15) is 23.2 Å². The average molecular weight is 397 g/mol. The molecule has 0 aliphatic heterocycles. The molecule has 0 bridgehead atoms. The zero-order valence-corrected chi connectivity index (χ0v) is 15.0. The van der Waals surface area contributed by atoms with Gasteiger partial charge in [-0.15, -0.1) is 0 Å². The highest BCUT2D eigenvalue weighted by Crippen LogP contribution is 2.15. The maximum absolute atomic E-state index is 13.5. The summed E-state index contributed by atoms with van der Waals surface area (Å²) in [6.45, 7) is -0.559. The van der Waals surface area contributed by atoms with E-state index in [4.69, 9.17) is 4.74 Å². The molecule has 0 fully saturated rings. The van der Waals surface area contributed by atoms with Crippen molar-refractivity contribution in [3.63, 3.8) is 0 Å². The first kappa shape index (κ1) is 20.7. The number of rotatable bonds is 9. The van der Waals surface area contributed by atoms with Gasteiger partial charge in [-0.2, -0.15) is 0 Å². The van der Waals surface area contributed by atoms with E-state index in [-0.39, 0.29) is 25.2 Å². The van der Waals surface area contributed by atoms with Crippen molar-refractivity contribution in [2.45, 2.75) is 17.7 Å². The standard InChI is InChI=1S/C18H17F2NO5S/c19-14-8-9-17(15(20)11-14)27(24,25)21-10-4-7-18(23)26-12-16(22)13-5-2-1-3-6-13/h1-3,5-6,8-9,11,21H,4,7,10,12H2. The van der Waals surface area contributed by atoms with Crippen molar-refractivity contribution in [3.05, 3.63) is 65.7 Å². The molecule has 0 heterocycles. The zero-order chi connectivity index (χ0) is 19.9. The molecule has 6 nitrogen and oxygen atoms in total. The predicted octanol–water partition coefficient (Wildman–Crippen LogP) is 2.45. The predicted molar refractivity (Wildman–Crippen MR) is 92.5 cm³/mol. The molecule has 27 heavy (non-hydrogen) atoms. The van der Waals surface area contributed by atoms with Gasteiger partial charge in [0, 0.05) is 24.6 Å². The highest BCUT2D eigenvalue weighted by molar-refractivity contribution is 7.89. The average Bonchev–Trinajstić information content (AvgIpc) is 2.63. The first-order chi connectivity index (χ1) is 12.8. The van der Waals surface area contributed by atoms with E-state index in [0.717, 1.165) is 12.1 Å². The summed E-state index contributed by atoms with van der Waals surface area (Å²) in [6.07, 6.45) is -0.0447. The second-order valence-electron chi connectivity index (χ2n) is 5.53.